The number of halogens is 4. The molecule has 9 rings (SSSR count). The predicted molar refractivity (Wildman–Crippen MR) is 259 cm³/mol. The van der Waals surface area contributed by atoms with E-state index in [1.165, 1.54) is 11.1 Å². The summed E-state index contributed by atoms with van der Waals surface area (Å²) in [5, 5.41) is 11.5. The van der Waals surface area contributed by atoms with Crippen LogP contribution in [-0.2, 0) is 48.6 Å². The van der Waals surface area contributed by atoms with Gasteiger partial charge in [0.05, 0.1) is 57.2 Å². The van der Waals surface area contributed by atoms with Crippen molar-refractivity contribution < 1.29 is 33.6 Å². The van der Waals surface area contributed by atoms with Gasteiger partial charge in [0, 0.05) is 55.2 Å². The summed E-state index contributed by atoms with van der Waals surface area (Å²) in [4.78, 5) is 41.3. The highest BCUT2D eigenvalue weighted by Crippen LogP contribution is 2.31. The molecule has 1 N–H and O–H groups in total. The van der Waals surface area contributed by atoms with Crippen molar-refractivity contribution in [3.63, 3.8) is 0 Å². The molecule has 1 atom stereocenters. The average Bonchev–Trinajstić information content (AvgIpc) is 3.57. The number of carbonyl (C=O) groups excluding carboxylic acids is 1. The molecular weight excluding hydrogens is 938 g/mol. The van der Waals surface area contributed by atoms with Gasteiger partial charge in [-0.3, -0.25) is 14.9 Å². The Balaban J connectivity index is 0.000000192. The first-order valence-corrected chi connectivity index (χ1v) is 23.7. The van der Waals surface area contributed by atoms with Crippen LogP contribution < -0.4 is 9.47 Å². The van der Waals surface area contributed by atoms with E-state index >= 15 is 0 Å². The van der Waals surface area contributed by atoms with Crippen LogP contribution in [0.4, 0.5) is 4.79 Å². The number of fused-ring (bicyclic) bond motifs is 1. The van der Waals surface area contributed by atoms with Crippen molar-refractivity contribution in [2.24, 2.45) is 11.8 Å². The van der Waals surface area contributed by atoms with E-state index in [1.54, 1.807) is 65.7 Å². The van der Waals surface area contributed by atoms with Gasteiger partial charge in [0.15, 0.2) is 0 Å². The van der Waals surface area contributed by atoms with Crippen LogP contribution in [0.15, 0.2) is 91.3 Å². The topological polar surface area (TPSA) is 141 Å². The highest BCUT2D eigenvalue weighted by molar-refractivity contribution is 6.36. The lowest BCUT2D eigenvalue weighted by molar-refractivity contribution is -0.0594. The number of hydrogen-bond donors (Lipinski definition) is 1. The highest BCUT2D eigenvalue weighted by Gasteiger charge is 2.34. The molecule has 3 aliphatic rings. The van der Waals surface area contributed by atoms with E-state index in [0.29, 0.717) is 76.3 Å². The van der Waals surface area contributed by atoms with Crippen molar-refractivity contribution in [3.05, 3.63) is 145 Å². The lowest BCUT2D eigenvalue weighted by Gasteiger charge is -2.39. The molecule has 0 bridgehead atoms. The number of likely N-dealkylation sites (tertiary alicyclic amines) is 2. The molecule has 1 amide bonds. The van der Waals surface area contributed by atoms with Gasteiger partial charge in [-0.15, -0.1) is 0 Å². The fourth-order valence-corrected chi connectivity index (χ4v) is 9.12. The largest absolute Gasteiger partial charge is 0.486 e. The fraction of sp³-hybridized carbons (Fsp3) is 0.380. The number of ether oxygens (including phenoxy) is 4. The van der Waals surface area contributed by atoms with Crippen LogP contribution in [0.5, 0.6) is 11.5 Å². The molecule has 3 aliphatic heterocycles. The Morgan fingerprint density at radius 1 is 0.761 bits per heavy atom. The molecule has 352 valence electrons. The smallest absolute Gasteiger partial charge is 0.410 e. The monoisotopic (exact) mass is 988 g/mol. The molecule has 17 heteroatoms. The van der Waals surface area contributed by atoms with E-state index in [4.69, 9.17) is 70.3 Å². The number of pyridine rings is 2. The summed E-state index contributed by atoms with van der Waals surface area (Å²) in [6, 6.07) is 23.6. The number of nitrogens with zero attached hydrogens (tertiary/aromatic N) is 6. The molecule has 67 heavy (non-hydrogen) atoms. The molecule has 13 nitrogen and oxygen atoms in total. The van der Waals surface area contributed by atoms with Gasteiger partial charge in [0.2, 0.25) is 0 Å². The predicted octanol–water partition coefficient (Wildman–Crippen LogP) is 10.9. The van der Waals surface area contributed by atoms with Crippen molar-refractivity contribution in [1.29, 1.82) is 0 Å². The van der Waals surface area contributed by atoms with Crippen LogP contribution >= 0.6 is 46.4 Å². The molecule has 0 radical (unpaired) electrons. The number of carbonyl (C=O) groups is 2. The number of aromatic nitrogens is 4. The first kappa shape index (κ1) is 48.3. The van der Waals surface area contributed by atoms with E-state index in [-0.39, 0.29) is 17.8 Å². The van der Waals surface area contributed by atoms with Gasteiger partial charge in [0.25, 0.3) is 0 Å². The Kier molecular flexibility index (Phi) is 15.5. The van der Waals surface area contributed by atoms with Crippen LogP contribution in [-0.4, -0.2) is 91.0 Å². The minimum atomic E-state index is -0.934. The standard InChI is InChI=1S/C29H28Cl2N4O4.C21H24Cl2N2O3/c30-21-2-4-27(24(31)12-21)39-17-22-10-18(5-7-32-22)9-19-13-34(14-19)16-28-33-25-3-1-20(29(36)37)11-26(25)35(28)15-23-6-8-38-23;1-21(2,3)28-20(26)25-11-15(12-25)8-14-6-7-24-17(9-14)13-27-19-5-4-16(22)10-18(19)23/h1-5,7,10-12,19,23H,6,8-9,13-17H2,(H,36,37);4-7,9-10,15H,8,11-13H2,1-3H3/t23-;/m0./s1. The fourth-order valence-electron chi connectivity index (χ4n) is 8.19. The molecule has 3 aromatic carbocycles. The second kappa shape index (κ2) is 21.4. The van der Waals surface area contributed by atoms with Crippen LogP contribution in [0.25, 0.3) is 11.0 Å². The number of hydrogen-bond acceptors (Lipinski definition) is 10. The van der Waals surface area contributed by atoms with Crippen molar-refractivity contribution in [2.75, 3.05) is 32.8 Å². The van der Waals surface area contributed by atoms with E-state index in [9.17, 15) is 14.7 Å². The number of carboxylic acids is 1. The lowest BCUT2D eigenvalue weighted by atomic mass is 9.92. The van der Waals surface area contributed by atoms with Gasteiger partial charge in [-0.1, -0.05) is 46.4 Å². The zero-order valence-corrected chi connectivity index (χ0v) is 40.5. The van der Waals surface area contributed by atoms with E-state index < -0.39 is 11.6 Å². The maximum absolute atomic E-state index is 12.0. The summed E-state index contributed by atoms with van der Waals surface area (Å²) in [5.41, 5.74) is 5.55. The SMILES string of the molecule is CC(C)(C)OC(=O)N1CC(Cc2ccnc(COc3ccc(Cl)cc3Cl)c2)C1.O=C(O)c1ccc2nc(CN3CC(Cc4ccnc(COc5ccc(Cl)cc5Cl)c4)C3)n(C[C@@H]3CCO3)c2c1. The third-order valence-electron chi connectivity index (χ3n) is 11.6. The molecule has 6 aromatic rings. The first-order chi connectivity index (χ1) is 32.1. The van der Waals surface area contributed by atoms with Gasteiger partial charge in [0.1, 0.15) is 36.1 Å². The second-order valence-electron chi connectivity index (χ2n) is 18.2. The third-order valence-corrected chi connectivity index (χ3v) is 12.7. The first-order valence-electron chi connectivity index (χ1n) is 22.2. The maximum Gasteiger partial charge on any atom is 0.410 e. The molecule has 3 aromatic heterocycles. The average molecular weight is 991 g/mol. The number of benzene rings is 3. The molecule has 3 saturated heterocycles. The van der Waals surface area contributed by atoms with Crippen molar-refractivity contribution in [2.45, 2.75) is 78.0 Å². The molecular formula is C50H52Cl4N6O7. The van der Waals surface area contributed by atoms with E-state index in [2.05, 4.69) is 31.6 Å². The van der Waals surface area contributed by atoms with Crippen LogP contribution in [0.1, 0.15) is 65.9 Å². The number of carboxylic acid groups (broad SMARTS) is 1. The van der Waals surface area contributed by atoms with Gasteiger partial charge in [-0.25, -0.2) is 14.6 Å². The number of rotatable bonds is 15. The van der Waals surface area contributed by atoms with Gasteiger partial charge < -0.3 is 33.5 Å². The van der Waals surface area contributed by atoms with Gasteiger partial charge in [-0.2, -0.15) is 0 Å². The molecule has 0 saturated carbocycles. The third kappa shape index (κ3) is 13.1. The van der Waals surface area contributed by atoms with Crippen LogP contribution in [0, 0.1) is 11.8 Å². The Hall–Kier alpha value is -5.15. The zero-order chi connectivity index (χ0) is 47.2. The summed E-state index contributed by atoms with van der Waals surface area (Å²) < 4.78 is 24.8. The molecule has 6 heterocycles. The van der Waals surface area contributed by atoms with Crippen LogP contribution in [0.2, 0.25) is 20.1 Å². The summed E-state index contributed by atoms with van der Waals surface area (Å²) in [5.74, 6) is 2.14. The quantitative estimate of drug-likeness (QED) is 0.105. The van der Waals surface area contributed by atoms with Crippen LogP contribution in [0.3, 0.4) is 0 Å². The minimum Gasteiger partial charge on any atom is -0.486 e. The van der Waals surface area contributed by atoms with E-state index in [0.717, 1.165) is 73.7 Å². The normalized spacial score (nSPS) is 16.3. The summed E-state index contributed by atoms with van der Waals surface area (Å²) in [6.07, 6.45) is 6.37. The Morgan fingerprint density at radius 2 is 1.33 bits per heavy atom. The Morgan fingerprint density at radius 3 is 1.84 bits per heavy atom. The summed E-state index contributed by atoms with van der Waals surface area (Å²) in [7, 11) is 0. The number of amides is 1. The maximum atomic E-state index is 12.0. The van der Waals surface area contributed by atoms with Crippen molar-refractivity contribution in [1.82, 2.24) is 29.3 Å². The number of imidazole rings is 1. The molecule has 0 unspecified atom stereocenters. The van der Waals surface area contributed by atoms with Crippen molar-refractivity contribution in [3.8, 4) is 11.5 Å². The zero-order valence-electron chi connectivity index (χ0n) is 37.5. The Labute approximate surface area is 409 Å². The summed E-state index contributed by atoms with van der Waals surface area (Å²) in [6.45, 7) is 11.8. The molecule has 3 fully saturated rings. The van der Waals surface area contributed by atoms with E-state index in [1.807, 2.05) is 39.1 Å². The number of aromatic carboxylic acids is 1. The van der Waals surface area contributed by atoms with Gasteiger partial charge in [-0.05, 0) is 142 Å². The summed E-state index contributed by atoms with van der Waals surface area (Å²) >= 11 is 24.2. The second-order valence-corrected chi connectivity index (χ2v) is 19.9. The lowest BCUT2D eigenvalue weighted by Crippen LogP contribution is -2.52. The van der Waals surface area contributed by atoms with Crippen molar-refractivity contribution >= 4 is 69.5 Å². The highest BCUT2D eigenvalue weighted by atomic mass is 35.5. The Bertz CT molecular complexity index is 2710. The molecule has 0 aliphatic carbocycles. The minimum absolute atomic E-state index is 0.152. The molecule has 0 spiro atoms. The van der Waals surface area contributed by atoms with Gasteiger partial charge >= 0.3 is 12.1 Å².